The number of fused-ring (bicyclic) bond motifs is 9. The van der Waals surface area contributed by atoms with Gasteiger partial charge in [0, 0.05) is 54.5 Å². The van der Waals surface area contributed by atoms with Crippen LogP contribution < -0.4 is 4.74 Å². The maximum absolute atomic E-state index is 13.3. The first-order valence-corrected chi connectivity index (χ1v) is 12.5. The number of hydrogen-bond donors (Lipinski definition) is 1. The average molecular weight is 510 g/mol. The normalized spacial score (nSPS) is 21.8. The molecule has 1 aliphatic carbocycles. The first-order chi connectivity index (χ1) is 17.7. The third-order valence-electron chi connectivity index (χ3n) is 8.10. The summed E-state index contributed by atoms with van der Waals surface area (Å²) in [5.41, 5.74) is 4.79. The molecule has 0 saturated heterocycles. The van der Waals surface area contributed by atoms with Gasteiger partial charge >= 0.3 is 6.61 Å². The van der Waals surface area contributed by atoms with E-state index >= 15 is 0 Å². The van der Waals surface area contributed by atoms with Crippen LogP contribution in [0.1, 0.15) is 71.5 Å². The molecule has 2 aliphatic heterocycles. The van der Waals surface area contributed by atoms with Gasteiger partial charge in [0.2, 0.25) is 0 Å². The van der Waals surface area contributed by atoms with E-state index in [0.717, 1.165) is 35.5 Å². The average Bonchev–Trinajstić information content (AvgIpc) is 3.41. The Bertz CT molecular complexity index is 1430. The molecule has 2 atom stereocenters. The molecule has 1 aromatic carbocycles. The molecule has 1 amide bonds. The van der Waals surface area contributed by atoms with Crippen molar-refractivity contribution in [2.45, 2.75) is 50.8 Å². The van der Waals surface area contributed by atoms with E-state index in [1.54, 1.807) is 28.6 Å². The summed E-state index contributed by atoms with van der Waals surface area (Å²) in [6, 6.07) is 6.39. The van der Waals surface area contributed by atoms with Crippen LogP contribution in [0.5, 0.6) is 5.75 Å². The van der Waals surface area contributed by atoms with Gasteiger partial charge in [-0.3, -0.25) is 9.69 Å². The molecule has 10 heteroatoms. The molecule has 194 valence electrons. The summed E-state index contributed by atoms with van der Waals surface area (Å²) in [5.74, 6) is -0.564. The van der Waals surface area contributed by atoms with E-state index in [-0.39, 0.29) is 35.8 Å². The maximum atomic E-state index is 13.3. The number of ether oxygens (including phenoxy) is 1. The Morgan fingerprint density at radius 1 is 1.24 bits per heavy atom. The smallest absolute Gasteiger partial charge is 0.387 e. The maximum Gasteiger partial charge on any atom is 0.387 e. The molecule has 4 heterocycles. The summed E-state index contributed by atoms with van der Waals surface area (Å²) in [4.78, 5) is 22.2. The van der Waals surface area contributed by atoms with Crippen LogP contribution in [0, 0.1) is 0 Å². The number of aromatic nitrogens is 3. The molecule has 0 radical (unpaired) electrons. The summed E-state index contributed by atoms with van der Waals surface area (Å²) in [6.45, 7) is 2.66. The van der Waals surface area contributed by atoms with Crippen molar-refractivity contribution >= 4 is 17.1 Å². The lowest BCUT2D eigenvalue weighted by molar-refractivity contribution is -0.0505. The topological polar surface area (TPSA) is 83.2 Å². The van der Waals surface area contributed by atoms with Gasteiger partial charge in [-0.05, 0) is 50.5 Å². The molecule has 1 N–H and O–H groups in total. The Hall–Kier alpha value is -3.37. The molecule has 8 nitrogen and oxygen atoms in total. The van der Waals surface area contributed by atoms with Crippen molar-refractivity contribution in [3.63, 3.8) is 0 Å². The molecular weight excluding hydrogens is 480 g/mol. The van der Waals surface area contributed by atoms with Crippen LogP contribution in [0.3, 0.4) is 0 Å². The zero-order chi connectivity index (χ0) is 26.1. The van der Waals surface area contributed by atoms with E-state index in [0.29, 0.717) is 29.7 Å². The largest absolute Gasteiger partial charge is 0.434 e. The van der Waals surface area contributed by atoms with Crippen LogP contribution in [-0.4, -0.2) is 74.3 Å². The van der Waals surface area contributed by atoms with Crippen molar-refractivity contribution in [2.75, 3.05) is 26.7 Å². The van der Waals surface area contributed by atoms with E-state index in [4.69, 9.17) is 14.8 Å². The molecule has 0 spiro atoms. The Morgan fingerprint density at radius 2 is 2.05 bits per heavy atom. The second kappa shape index (κ2) is 8.59. The highest BCUT2D eigenvalue weighted by Gasteiger charge is 2.46. The van der Waals surface area contributed by atoms with E-state index in [9.17, 15) is 18.7 Å². The lowest BCUT2D eigenvalue weighted by atomic mass is 9.89. The molecule has 2 aromatic heterocycles. The lowest BCUT2D eigenvalue weighted by Crippen LogP contribution is -2.48. The second-order valence-corrected chi connectivity index (χ2v) is 10.6. The van der Waals surface area contributed by atoms with Crippen LogP contribution in [0.2, 0.25) is 0 Å². The monoisotopic (exact) mass is 509 g/mol. The van der Waals surface area contributed by atoms with Crippen molar-refractivity contribution in [1.29, 1.82) is 0 Å². The van der Waals surface area contributed by atoms with Gasteiger partial charge in [0.25, 0.3) is 5.91 Å². The third kappa shape index (κ3) is 3.73. The van der Waals surface area contributed by atoms with Crippen LogP contribution in [0.25, 0.3) is 11.2 Å². The van der Waals surface area contributed by atoms with Gasteiger partial charge < -0.3 is 14.7 Å². The molecule has 3 aromatic rings. The van der Waals surface area contributed by atoms with Gasteiger partial charge in [-0.1, -0.05) is 12.1 Å². The molecule has 2 unspecified atom stereocenters. The number of aliphatic hydroxyl groups excluding tert-OH is 1. The van der Waals surface area contributed by atoms with Crippen LogP contribution in [-0.2, 0) is 0 Å². The summed E-state index contributed by atoms with van der Waals surface area (Å²) in [7, 11) is 1.73. The quantitative estimate of drug-likeness (QED) is 0.563. The van der Waals surface area contributed by atoms with Gasteiger partial charge in [0.1, 0.15) is 5.75 Å². The number of halogens is 2. The van der Waals surface area contributed by atoms with Crippen molar-refractivity contribution in [3.05, 3.63) is 64.6 Å². The number of rotatable bonds is 5. The van der Waals surface area contributed by atoms with Gasteiger partial charge in [0.15, 0.2) is 5.65 Å². The predicted octanol–water partition coefficient (Wildman–Crippen LogP) is 3.85. The third-order valence-corrected chi connectivity index (χ3v) is 8.10. The standard InChI is InChI=1S/C27H29F2N5O3/c1-27(2,14-35)33-10-7-15(8-11-33)18-9-12-34-24(30-18)22-17-13-19(23(22)31-34)32(3)25(36)16-5-4-6-20(21(16)17)37-26(28)29/h4-7,9,12,17,19,26,35H,8,10-11,13-14H2,1-3H3. The molecule has 0 saturated carbocycles. The number of carbonyl (C=O) groups excluding carboxylic acids is 1. The van der Waals surface area contributed by atoms with E-state index in [1.165, 1.54) is 6.07 Å². The van der Waals surface area contributed by atoms with Crippen molar-refractivity contribution in [3.8, 4) is 5.75 Å². The first kappa shape index (κ1) is 24.0. The molecule has 2 bridgehead atoms. The minimum absolute atomic E-state index is 0.0184. The summed E-state index contributed by atoms with van der Waals surface area (Å²) in [5, 5.41) is 14.5. The number of hydrogen-bond acceptors (Lipinski definition) is 6. The fraction of sp³-hybridized carbons (Fsp3) is 0.444. The molecule has 37 heavy (non-hydrogen) atoms. The highest BCUT2D eigenvalue weighted by Crippen LogP contribution is 2.53. The van der Waals surface area contributed by atoms with Crippen molar-refractivity contribution in [1.82, 2.24) is 24.4 Å². The zero-order valence-electron chi connectivity index (χ0n) is 21.0. The first-order valence-electron chi connectivity index (χ1n) is 12.5. The Labute approximate surface area is 213 Å². The van der Waals surface area contributed by atoms with Crippen molar-refractivity contribution in [2.24, 2.45) is 0 Å². The molecule has 6 rings (SSSR count). The Balaban J connectivity index is 1.46. The van der Waals surface area contributed by atoms with Crippen molar-refractivity contribution < 1.29 is 23.4 Å². The number of aliphatic hydroxyl groups is 1. The molecule has 0 fully saturated rings. The number of alkyl halides is 2. The van der Waals surface area contributed by atoms with Gasteiger partial charge in [0.05, 0.1) is 24.0 Å². The van der Waals surface area contributed by atoms with Crippen LogP contribution >= 0.6 is 0 Å². The Morgan fingerprint density at radius 3 is 2.76 bits per heavy atom. The Kier molecular flexibility index (Phi) is 5.57. The predicted molar refractivity (Wildman–Crippen MR) is 133 cm³/mol. The zero-order valence-corrected chi connectivity index (χ0v) is 21.0. The van der Waals surface area contributed by atoms with Gasteiger partial charge in [-0.25, -0.2) is 9.50 Å². The summed E-state index contributed by atoms with van der Waals surface area (Å²) < 4.78 is 33.2. The fourth-order valence-electron chi connectivity index (χ4n) is 5.95. The highest BCUT2D eigenvalue weighted by molar-refractivity contribution is 5.98. The number of carbonyl (C=O) groups is 1. The van der Waals surface area contributed by atoms with E-state index in [2.05, 4.69) is 11.0 Å². The fourth-order valence-corrected chi connectivity index (χ4v) is 5.95. The second-order valence-electron chi connectivity index (χ2n) is 10.6. The van der Waals surface area contributed by atoms with E-state index in [1.807, 2.05) is 26.1 Å². The lowest BCUT2D eigenvalue weighted by Gasteiger charge is -2.39. The summed E-state index contributed by atoms with van der Waals surface area (Å²) in [6.07, 6.45) is 5.35. The van der Waals surface area contributed by atoms with Crippen LogP contribution in [0.15, 0.2) is 36.5 Å². The number of benzene rings is 1. The molecule has 3 aliphatic rings. The van der Waals surface area contributed by atoms with Gasteiger partial charge in [-0.2, -0.15) is 13.9 Å². The number of nitrogens with zero attached hydrogens (tertiary/aromatic N) is 5. The SMILES string of the molecule is CN1C(=O)c2cccc(OC(F)F)c2C2CC1c1nn3ccc(C4=CCN(C(C)(C)CO)CC4)nc3c12. The minimum Gasteiger partial charge on any atom is -0.434 e. The summed E-state index contributed by atoms with van der Waals surface area (Å²) >= 11 is 0. The van der Waals surface area contributed by atoms with Crippen LogP contribution in [0.4, 0.5) is 8.78 Å². The molecular formula is C27H29F2N5O3. The number of amides is 1. The minimum atomic E-state index is -3.00. The van der Waals surface area contributed by atoms with Gasteiger partial charge in [-0.15, -0.1) is 0 Å². The van der Waals surface area contributed by atoms with E-state index < -0.39 is 6.61 Å². The highest BCUT2D eigenvalue weighted by atomic mass is 19.3.